The van der Waals surface area contributed by atoms with Crippen molar-refractivity contribution in [2.75, 3.05) is 0 Å². The van der Waals surface area contributed by atoms with Crippen LogP contribution in [-0.2, 0) is 7.05 Å². The van der Waals surface area contributed by atoms with Crippen molar-refractivity contribution >= 4 is 11.6 Å². The first-order valence-electron chi connectivity index (χ1n) is 1.73. The molecule has 0 aliphatic heterocycles. The van der Waals surface area contributed by atoms with Gasteiger partial charge >= 0.3 is 0 Å². The van der Waals surface area contributed by atoms with E-state index in [0.717, 1.165) is 0 Å². The van der Waals surface area contributed by atoms with E-state index >= 15 is 0 Å². The average Bonchev–Trinajstić information content (AvgIpc) is 1.91. The fourth-order valence-corrected chi connectivity index (χ4v) is 0.315. The van der Waals surface area contributed by atoms with E-state index in [9.17, 15) is 0 Å². The Morgan fingerprint density at radius 1 is 1.86 bits per heavy atom. The fourth-order valence-electron chi connectivity index (χ4n) is 0.239. The minimum absolute atomic E-state index is 0.361. The second-order valence-corrected chi connectivity index (χ2v) is 1.47. The maximum atomic E-state index is 5.38. The van der Waals surface area contributed by atoms with E-state index in [1.807, 2.05) is 0 Å². The summed E-state index contributed by atoms with van der Waals surface area (Å²) < 4.78 is 1.50. The summed E-state index contributed by atoms with van der Waals surface area (Å²) in [5.74, 6) is 0. The van der Waals surface area contributed by atoms with Gasteiger partial charge in [-0.05, 0) is 11.6 Å². The maximum Gasteiger partial charge on any atom is 0.225 e. The van der Waals surface area contributed by atoms with Gasteiger partial charge in [0, 0.05) is 7.05 Å². The normalized spacial score (nSPS) is 9.43. The number of halogens is 1. The summed E-state index contributed by atoms with van der Waals surface area (Å²) in [5.41, 5.74) is 0. The van der Waals surface area contributed by atoms with Crippen molar-refractivity contribution < 1.29 is 0 Å². The van der Waals surface area contributed by atoms with Crippen molar-refractivity contribution in [1.82, 2.24) is 14.8 Å². The van der Waals surface area contributed by atoms with E-state index < -0.39 is 0 Å². The second kappa shape index (κ2) is 1.50. The number of hydrogen-bond donors (Lipinski definition) is 0. The Labute approximate surface area is 45.9 Å². The number of hydrogen-bond acceptors (Lipinski definition) is 2. The molecule has 7 heavy (non-hydrogen) atoms. The van der Waals surface area contributed by atoms with Crippen LogP contribution < -0.4 is 0 Å². The molecule has 3 nitrogen and oxygen atoms in total. The Kier molecular flexibility index (Phi) is 0.982. The van der Waals surface area contributed by atoms with Crippen LogP contribution in [0.3, 0.4) is 0 Å². The van der Waals surface area contributed by atoms with Crippen molar-refractivity contribution in [3.8, 4) is 0 Å². The predicted molar refractivity (Wildman–Crippen MR) is 24.8 cm³/mol. The monoisotopic (exact) mass is 116 g/mol. The van der Waals surface area contributed by atoms with Gasteiger partial charge in [-0.2, -0.15) is 0 Å². The highest BCUT2D eigenvalue weighted by molar-refractivity contribution is 6.28. The molecule has 1 aromatic heterocycles. The molecule has 0 atom stereocenters. The van der Waals surface area contributed by atoms with Gasteiger partial charge in [0.2, 0.25) is 11.6 Å². The molecular formula is C3H3ClN3. The topological polar surface area (TPSA) is 30.7 Å². The van der Waals surface area contributed by atoms with E-state index in [0.29, 0.717) is 5.28 Å². The van der Waals surface area contributed by atoms with Gasteiger partial charge in [-0.1, -0.05) is 0 Å². The molecule has 0 aliphatic rings. The summed E-state index contributed by atoms with van der Waals surface area (Å²) in [6, 6.07) is 0. The zero-order valence-electron chi connectivity index (χ0n) is 3.72. The highest BCUT2D eigenvalue weighted by Crippen LogP contribution is 1.95. The second-order valence-electron chi connectivity index (χ2n) is 1.13. The average molecular weight is 117 g/mol. The first-order valence-corrected chi connectivity index (χ1v) is 2.11. The molecule has 1 rings (SSSR count). The standard InChI is InChI=1S/C3H3ClN3/c1-7-2-5-6-3(7)4/h1H3. The summed E-state index contributed by atoms with van der Waals surface area (Å²) in [6.45, 7) is 0. The van der Waals surface area contributed by atoms with Gasteiger partial charge in [-0.25, -0.2) is 0 Å². The Balaban J connectivity index is 3.12. The van der Waals surface area contributed by atoms with Gasteiger partial charge in [0.05, 0.1) is 0 Å². The highest BCUT2D eigenvalue weighted by atomic mass is 35.5. The first kappa shape index (κ1) is 4.59. The fraction of sp³-hybridized carbons (Fsp3) is 0.333. The Bertz CT molecular complexity index is 142. The Morgan fingerprint density at radius 2 is 2.57 bits per heavy atom. The summed E-state index contributed by atoms with van der Waals surface area (Å²) in [7, 11) is 1.72. The van der Waals surface area contributed by atoms with Crippen LogP contribution in [0.5, 0.6) is 0 Å². The zero-order valence-corrected chi connectivity index (χ0v) is 4.48. The van der Waals surface area contributed by atoms with Gasteiger partial charge in [-0.3, -0.25) is 4.57 Å². The number of nitrogens with zero attached hydrogens (tertiary/aromatic N) is 3. The van der Waals surface area contributed by atoms with Crippen LogP contribution >= 0.6 is 11.6 Å². The van der Waals surface area contributed by atoms with Crippen molar-refractivity contribution in [1.29, 1.82) is 0 Å². The Hall–Kier alpha value is -0.570. The smallest absolute Gasteiger partial charge is 0.225 e. The van der Waals surface area contributed by atoms with E-state index in [2.05, 4.69) is 16.5 Å². The van der Waals surface area contributed by atoms with E-state index in [1.165, 1.54) is 4.57 Å². The minimum Gasteiger partial charge on any atom is -0.298 e. The zero-order chi connectivity index (χ0) is 5.28. The molecule has 0 fully saturated rings. The van der Waals surface area contributed by atoms with Crippen LogP contribution in [0.4, 0.5) is 0 Å². The van der Waals surface area contributed by atoms with E-state index in [1.54, 1.807) is 7.05 Å². The molecule has 0 unspecified atom stereocenters. The molecule has 0 aromatic carbocycles. The van der Waals surface area contributed by atoms with Gasteiger partial charge in [0.1, 0.15) is 0 Å². The van der Waals surface area contributed by atoms with Crippen LogP contribution in [0.25, 0.3) is 0 Å². The maximum absolute atomic E-state index is 5.38. The molecule has 0 bridgehead atoms. The molecule has 0 amide bonds. The third-order valence-electron chi connectivity index (χ3n) is 0.604. The molecular weight excluding hydrogens is 114 g/mol. The van der Waals surface area contributed by atoms with E-state index in [-0.39, 0.29) is 0 Å². The number of aromatic nitrogens is 3. The third-order valence-corrected chi connectivity index (χ3v) is 0.933. The quantitative estimate of drug-likeness (QED) is 0.487. The van der Waals surface area contributed by atoms with Gasteiger partial charge in [-0.15, -0.1) is 10.2 Å². The molecule has 0 saturated heterocycles. The summed E-state index contributed by atoms with van der Waals surface area (Å²) >= 11 is 5.38. The number of rotatable bonds is 0. The Morgan fingerprint density at radius 3 is 2.71 bits per heavy atom. The molecule has 1 aromatic rings. The van der Waals surface area contributed by atoms with Crippen LogP contribution in [0.15, 0.2) is 0 Å². The van der Waals surface area contributed by atoms with Gasteiger partial charge in [0.25, 0.3) is 0 Å². The van der Waals surface area contributed by atoms with Crippen molar-refractivity contribution in [2.45, 2.75) is 0 Å². The lowest BCUT2D eigenvalue weighted by atomic mass is 11.1. The molecule has 37 valence electrons. The lowest BCUT2D eigenvalue weighted by Crippen LogP contribution is -1.82. The third kappa shape index (κ3) is 0.718. The molecule has 1 heterocycles. The predicted octanol–water partition coefficient (Wildman–Crippen LogP) is 0.269. The van der Waals surface area contributed by atoms with Gasteiger partial charge in [0.15, 0.2) is 0 Å². The molecule has 0 saturated carbocycles. The van der Waals surface area contributed by atoms with Crippen molar-refractivity contribution in [2.24, 2.45) is 7.05 Å². The van der Waals surface area contributed by atoms with Crippen LogP contribution in [0.2, 0.25) is 5.28 Å². The summed E-state index contributed by atoms with van der Waals surface area (Å²) in [4.78, 5) is 0. The lowest BCUT2D eigenvalue weighted by molar-refractivity contribution is 0.901. The van der Waals surface area contributed by atoms with Crippen LogP contribution in [-0.4, -0.2) is 14.8 Å². The molecule has 0 N–H and O–H groups in total. The molecule has 4 heteroatoms. The summed E-state index contributed by atoms with van der Waals surface area (Å²) in [6.07, 6.45) is 2.49. The largest absolute Gasteiger partial charge is 0.298 e. The van der Waals surface area contributed by atoms with Gasteiger partial charge < -0.3 is 0 Å². The van der Waals surface area contributed by atoms with Crippen molar-refractivity contribution in [3.63, 3.8) is 0 Å². The first-order chi connectivity index (χ1) is 3.30. The van der Waals surface area contributed by atoms with Crippen LogP contribution in [0, 0.1) is 6.33 Å². The molecule has 1 radical (unpaired) electrons. The molecule has 0 spiro atoms. The number of aryl methyl sites for hydroxylation is 1. The SMILES string of the molecule is Cn1[c]nnc1Cl. The molecule has 0 aliphatic carbocycles. The summed E-state index contributed by atoms with van der Waals surface area (Å²) in [5, 5.41) is 7.18. The van der Waals surface area contributed by atoms with E-state index in [4.69, 9.17) is 11.6 Å². The minimum atomic E-state index is 0.361. The van der Waals surface area contributed by atoms with Crippen LogP contribution in [0.1, 0.15) is 0 Å². The van der Waals surface area contributed by atoms with Crippen molar-refractivity contribution in [3.05, 3.63) is 11.6 Å². The highest BCUT2D eigenvalue weighted by Gasteiger charge is 1.90. The lowest BCUT2D eigenvalue weighted by Gasteiger charge is -1.80.